The minimum atomic E-state index is -3.66. The highest BCUT2D eigenvalue weighted by atomic mass is 79.9. The molecular formula is C17H25BrN4O4S2. The number of nitrogens with zero attached hydrogens (tertiary/aromatic N) is 4. The molecule has 0 saturated heterocycles. The molecule has 8 nitrogen and oxygen atoms in total. The highest BCUT2D eigenvalue weighted by Gasteiger charge is 2.21. The molecule has 2 aromatic heterocycles. The van der Waals surface area contributed by atoms with Gasteiger partial charge in [-0.1, -0.05) is 20.8 Å². The van der Waals surface area contributed by atoms with Gasteiger partial charge in [-0.25, -0.2) is 4.98 Å². The van der Waals surface area contributed by atoms with Crippen molar-refractivity contribution in [3.05, 3.63) is 30.9 Å². The Bertz CT molecular complexity index is 850. The predicted molar refractivity (Wildman–Crippen MR) is 102 cm³/mol. The summed E-state index contributed by atoms with van der Waals surface area (Å²) in [4.78, 5) is 17.8. The van der Waals surface area contributed by atoms with Crippen molar-refractivity contribution >= 4 is 27.6 Å². The number of carbonyl (C=O) groups excluding carboxylic acids is 1. The van der Waals surface area contributed by atoms with Gasteiger partial charge in [0.05, 0.1) is 12.4 Å². The second-order valence-corrected chi connectivity index (χ2v) is 9.94. The summed E-state index contributed by atoms with van der Waals surface area (Å²) in [5, 5.41) is 0.811. The molecule has 0 fully saturated rings. The maximum atomic E-state index is 12.3. The number of rotatable bonds is 8. The first kappa shape index (κ1) is 24.6. The average Bonchev–Trinajstić information content (AvgIpc) is 3.13. The van der Waals surface area contributed by atoms with Crippen molar-refractivity contribution in [2.75, 3.05) is 26.0 Å². The molecule has 0 saturated carbocycles. The fraction of sp³-hybridized carbons (Fsp3) is 0.529. The molecule has 11 heteroatoms. The minimum absolute atomic E-state index is 0. The summed E-state index contributed by atoms with van der Waals surface area (Å²) in [6.45, 7) is 6.00. The maximum absolute atomic E-state index is 12.3. The van der Waals surface area contributed by atoms with Gasteiger partial charge in [0.2, 0.25) is 6.54 Å². The summed E-state index contributed by atoms with van der Waals surface area (Å²) >= 11 is 1.30. The van der Waals surface area contributed by atoms with E-state index in [1.807, 2.05) is 32.9 Å². The van der Waals surface area contributed by atoms with Crippen molar-refractivity contribution in [3.8, 4) is 10.6 Å². The lowest BCUT2D eigenvalue weighted by Gasteiger charge is -2.19. The van der Waals surface area contributed by atoms with E-state index >= 15 is 0 Å². The quantitative estimate of drug-likeness (QED) is 0.323. The van der Waals surface area contributed by atoms with Crippen LogP contribution in [0.5, 0.6) is 0 Å². The Morgan fingerprint density at radius 1 is 1.29 bits per heavy atom. The lowest BCUT2D eigenvalue weighted by molar-refractivity contribution is -0.685. The highest BCUT2D eigenvalue weighted by molar-refractivity contribution is 7.86. The SMILES string of the molecule is CN(CCS(=O)(=O)OCC(C)(C)C)C(=O)C[n+]1ccc(-c2ncns2)cc1.[Br-]. The third-order valence-electron chi connectivity index (χ3n) is 3.59. The third-order valence-corrected chi connectivity index (χ3v) is 5.46. The Kier molecular flexibility index (Phi) is 9.12. The van der Waals surface area contributed by atoms with Gasteiger partial charge in [0.1, 0.15) is 11.3 Å². The summed E-state index contributed by atoms with van der Waals surface area (Å²) < 4.78 is 34.6. The second kappa shape index (κ2) is 10.4. The van der Waals surface area contributed by atoms with Crippen LogP contribution >= 0.6 is 11.5 Å². The molecule has 0 N–H and O–H groups in total. The Morgan fingerprint density at radius 2 is 1.93 bits per heavy atom. The van der Waals surface area contributed by atoms with E-state index in [1.54, 1.807) is 24.0 Å². The zero-order valence-corrected chi connectivity index (χ0v) is 19.6. The van der Waals surface area contributed by atoms with E-state index in [0.29, 0.717) is 0 Å². The van der Waals surface area contributed by atoms with Crippen molar-refractivity contribution in [1.82, 2.24) is 14.3 Å². The summed E-state index contributed by atoms with van der Waals surface area (Å²) in [6, 6.07) is 3.72. The number of pyridine rings is 1. The standard InChI is InChI=1S/C17H25N4O4S2.BrH/c1-17(2,3)12-25-27(23,24)10-9-20(4)15(22)11-21-7-5-14(6-8-21)16-18-13-19-26-16;/h5-8,13H,9-12H2,1-4H3;1H/q+1;/p-1. The zero-order chi connectivity index (χ0) is 20.1. The van der Waals surface area contributed by atoms with Crippen LogP contribution in [0.3, 0.4) is 0 Å². The molecule has 0 atom stereocenters. The normalized spacial score (nSPS) is 11.7. The van der Waals surface area contributed by atoms with Gasteiger partial charge in [-0.05, 0) is 16.9 Å². The molecule has 1 amide bonds. The smallest absolute Gasteiger partial charge is 0.288 e. The van der Waals surface area contributed by atoms with E-state index in [9.17, 15) is 13.2 Å². The van der Waals surface area contributed by atoms with E-state index in [-0.39, 0.29) is 53.8 Å². The summed E-state index contributed by atoms with van der Waals surface area (Å²) in [5.41, 5.74) is 0.684. The van der Waals surface area contributed by atoms with Gasteiger partial charge in [-0.3, -0.25) is 8.98 Å². The number of hydrogen-bond donors (Lipinski definition) is 0. The lowest BCUT2D eigenvalue weighted by Crippen LogP contribution is -3.00. The molecule has 0 aliphatic heterocycles. The van der Waals surface area contributed by atoms with Gasteiger partial charge in [-0.2, -0.15) is 17.4 Å². The Hall–Kier alpha value is -1.43. The van der Waals surface area contributed by atoms with Gasteiger partial charge in [0, 0.05) is 31.3 Å². The molecule has 2 heterocycles. The molecule has 2 aromatic rings. The maximum Gasteiger partial charge on any atom is 0.288 e. The fourth-order valence-electron chi connectivity index (χ4n) is 1.98. The van der Waals surface area contributed by atoms with Crippen molar-refractivity contribution < 1.29 is 38.9 Å². The number of likely N-dealkylation sites (N-methyl/N-ethyl adjacent to an activating group) is 1. The van der Waals surface area contributed by atoms with Crippen LogP contribution in [0.4, 0.5) is 0 Å². The summed E-state index contributed by atoms with van der Waals surface area (Å²) in [6.07, 6.45) is 5.07. The first-order valence-electron chi connectivity index (χ1n) is 8.43. The fourth-order valence-corrected chi connectivity index (χ4v) is 3.66. The number of aromatic nitrogens is 3. The minimum Gasteiger partial charge on any atom is -1.00 e. The van der Waals surface area contributed by atoms with E-state index in [1.165, 1.54) is 22.8 Å². The number of halogens is 1. The van der Waals surface area contributed by atoms with Crippen LogP contribution in [0.15, 0.2) is 30.9 Å². The molecule has 0 bridgehead atoms. The largest absolute Gasteiger partial charge is 1.00 e. The Balaban J connectivity index is 0.00000392. The van der Waals surface area contributed by atoms with Crippen LogP contribution in [0.25, 0.3) is 10.6 Å². The zero-order valence-electron chi connectivity index (χ0n) is 16.3. The average molecular weight is 493 g/mol. The molecule has 0 unspecified atom stereocenters. The number of hydrogen-bond acceptors (Lipinski definition) is 7. The molecule has 28 heavy (non-hydrogen) atoms. The number of carbonyl (C=O) groups is 1. The molecule has 0 aromatic carbocycles. The van der Waals surface area contributed by atoms with Gasteiger partial charge in [0.15, 0.2) is 12.4 Å². The highest BCUT2D eigenvalue weighted by Crippen LogP contribution is 2.17. The van der Waals surface area contributed by atoms with Crippen LogP contribution in [0.1, 0.15) is 20.8 Å². The van der Waals surface area contributed by atoms with Crippen LogP contribution in [0, 0.1) is 5.41 Å². The van der Waals surface area contributed by atoms with Gasteiger partial charge in [0.25, 0.3) is 16.0 Å². The molecular weight excluding hydrogens is 468 g/mol. The summed E-state index contributed by atoms with van der Waals surface area (Å²) in [5.74, 6) is -0.416. The van der Waals surface area contributed by atoms with Crippen LogP contribution in [0.2, 0.25) is 0 Å². The van der Waals surface area contributed by atoms with Crippen LogP contribution in [-0.2, 0) is 25.6 Å². The number of amides is 1. The van der Waals surface area contributed by atoms with Crippen molar-refractivity contribution in [3.63, 3.8) is 0 Å². The Morgan fingerprint density at radius 3 is 2.46 bits per heavy atom. The van der Waals surface area contributed by atoms with Crippen molar-refractivity contribution in [2.45, 2.75) is 27.3 Å². The van der Waals surface area contributed by atoms with E-state index in [0.717, 1.165) is 10.6 Å². The topological polar surface area (TPSA) is 93.3 Å². The first-order valence-corrected chi connectivity index (χ1v) is 10.8. The molecule has 0 radical (unpaired) electrons. The van der Waals surface area contributed by atoms with Gasteiger partial charge >= 0.3 is 0 Å². The van der Waals surface area contributed by atoms with Gasteiger partial charge in [-0.15, -0.1) is 0 Å². The molecule has 156 valence electrons. The second-order valence-electron chi connectivity index (χ2n) is 7.41. The van der Waals surface area contributed by atoms with E-state index in [4.69, 9.17) is 4.18 Å². The monoisotopic (exact) mass is 492 g/mol. The predicted octanol–water partition coefficient (Wildman–Crippen LogP) is -1.65. The summed E-state index contributed by atoms with van der Waals surface area (Å²) in [7, 11) is -2.08. The Labute approximate surface area is 180 Å². The van der Waals surface area contributed by atoms with Crippen molar-refractivity contribution in [2.24, 2.45) is 5.41 Å². The van der Waals surface area contributed by atoms with Crippen LogP contribution in [-0.4, -0.2) is 54.5 Å². The molecule has 0 aliphatic carbocycles. The molecule has 2 rings (SSSR count). The van der Waals surface area contributed by atoms with Crippen molar-refractivity contribution in [1.29, 1.82) is 0 Å². The molecule has 0 aliphatic rings. The third kappa shape index (κ3) is 8.29. The van der Waals surface area contributed by atoms with E-state index < -0.39 is 10.1 Å². The lowest BCUT2D eigenvalue weighted by atomic mass is 9.99. The first-order chi connectivity index (χ1) is 12.6. The van der Waals surface area contributed by atoms with E-state index in [2.05, 4.69) is 9.36 Å². The van der Waals surface area contributed by atoms with Gasteiger partial charge < -0.3 is 21.9 Å². The van der Waals surface area contributed by atoms with Crippen LogP contribution < -0.4 is 21.5 Å². The molecule has 0 spiro atoms.